The number of carbonyl (C=O) groups is 1. The van der Waals surface area contributed by atoms with Crippen molar-refractivity contribution >= 4 is 5.78 Å². The molecule has 4 nitrogen and oxygen atoms in total. The maximum Gasteiger partial charge on any atom is 0.197 e. The number of nitrogens with zero attached hydrogens (tertiary/aromatic N) is 2. The smallest absolute Gasteiger partial charge is 0.197 e. The lowest BCUT2D eigenvalue weighted by molar-refractivity contribution is -0.121. The summed E-state index contributed by atoms with van der Waals surface area (Å²) in [5, 5.41) is 8.51. The van der Waals surface area contributed by atoms with Gasteiger partial charge in [-0.1, -0.05) is 6.92 Å². The minimum Gasteiger partial charge on any atom is -0.445 e. The van der Waals surface area contributed by atoms with Gasteiger partial charge in [-0.3, -0.25) is 4.79 Å². The third-order valence-electron chi connectivity index (χ3n) is 3.41. The van der Waals surface area contributed by atoms with Crippen molar-refractivity contribution in [2.45, 2.75) is 44.9 Å². The molecule has 2 rings (SSSR count). The first-order valence-corrected chi connectivity index (χ1v) is 6.08. The van der Waals surface area contributed by atoms with Crippen molar-refractivity contribution in [1.29, 1.82) is 5.26 Å². The Morgan fingerprint density at radius 2 is 2.47 bits per heavy atom. The van der Waals surface area contributed by atoms with Crippen LogP contribution in [0.4, 0.5) is 0 Å². The van der Waals surface area contributed by atoms with E-state index in [4.69, 9.17) is 9.68 Å². The van der Waals surface area contributed by atoms with Gasteiger partial charge in [0.05, 0.1) is 18.7 Å². The summed E-state index contributed by atoms with van der Waals surface area (Å²) in [4.78, 5) is 15.9. The van der Waals surface area contributed by atoms with Gasteiger partial charge in [0.25, 0.3) is 0 Å². The number of hydrogen-bond donors (Lipinski definition) is 0. The number of rotatable bonds is 4. The van der Waals surface area contributed by atoms with E-state index in [0.717, 1.165) is 37.3 Å². The summed E-state index contributed by atoms with van der Waals surface area (Å²) in [6.07, 6.45) is 5.21. The lowest BCUT2D eigenvalue weighted by Crippen LogP contribution is -2.10. The molecule has 1 heterocycles. The average molecular weight is 232 g/mol. The second-order valence-corrected chi connectivity index (χ2v) is 4.53. The van der Waals surface area contributed by atoms with E-state index in [1.165, 1.54) is 0 Å². The number of carbonyl (C=O) groups excluding carboxylic acids is 1. The van der Waals surface area contributed by atoms with Crippen LogP contribution in [0.1, 0.15) is 50.2 Å². The summed E-state index contributed by atoms with van der Waals surface area (Å²) >= 11 is 0. The van der Waals surface area contributed by atoms with E-state index in [-0.39, 0.29) is 24.0 Å². The first kappa shape index (κ1) is 11.8. The third kappa shape index (κ3) is 2.55. The molecule has 0 amide bonds. The third-order valence-corrected chi connectivity index (χ3v) is 3.41. The Bertz CT molecular complexity index is 445. The molecule has 1 aromatic heterocycles. The van der Waals surface area contributed by atoms with Crippen LogP contribution in [0.15, 0.2) is 10.6 Å². The molecule has 1 aliphatic carbocycles. The molecule has 17 heavy (non-hydrogen) atoms. The highest BCUT2D eigenvalue weighted by atomic mass is 16.4. The van der Waals surface area contributed by atoms with Crippen molar-refractivity contribution < 1.29 is 9.21 Å². The van der Waals surface area contributed by atoms with Gasteiger partial charge in [-0.15, -0.1) is 0 Å². The normalized spacial score (nSPS) is 23.5. The van der Waals surface area contributed by atoms with E-state index < -0.39 is 0 Å². The molecule has 0 N–H and O–H groups in total. The van der Waals surface area contributed by atoms with Crippen LogP contribution in [-0.4, -0.2) is 10.8 Å². The predicted molar refractivity (Wildman–Crippen MR) is 61.2 cm³/mol. The van der Waals surface area contributed by atoms with Crippen molar-refractivity contribution in [2.24, 2.45) is 5.92 Å². The fourth-order valence-corrected chi connectivity index (χ4v) is 2.40. The van der Waals surface area contributed by atoms with E-state index in [2.05, 4.69) is 4.98 Å². The van der Waals surface area contributed by atoms with E-state index in [1.54, 1.807) is 6.20 Å². The van der Waals surface area contributed by atoms with E-state index in [9.17, 15) is 4.79 Å². The summed E-state index contributed by atoms with van der Waals surface area (Å²) in [6, 6.07) is 1.92. The van der Waals surface area contributed by atoms with Crippen LogP contribution in [0.5, 0.6) is 0 Å². The SMILES string of the molecule is CCc1cnc(C2CCC(C(=O)CC#N)C2)o1. The van der Waals surface area contributed by atoms with Crippen molar-refractivity contribution in [2.75, 3.05) is 0 Å². The van der Waals surface area contributed by atoms with Gasteiger partial charge in [0.2, 0.25) is 0 Å². The Morgan fingerprint density at radius 3 is 3.12 bits per heavy atom. The predicted octanol–water partition coefficient (Wildman–Crippen LogP) is 2.60. The first-order chi connectivity index (χ1) is 8.24. The number of Topliss-reactive ketones (excluding diaryl/α,β-unsaturated/α-hetero) is 1. The topological polar surface area (TPSA) is 66.9 Å². The molecule has 1 aromatic rings. The molecular formula is C13H16N2O2. The van der Waals surface area contributed by atoms with Crippen molar-refractivity contribution in [1.82, 2.24) is 4.98 Å². The Morgan fingerprint density at radius 1 is 1.65 bits per heavy atom. The summed E-state index contributed by atoms with van der Waals surface area (Å²) < 4.78 is 5.62. The lowest BCUT2D eigenvalue weighted by Gasteiger charge is -2.05. The van der Waals surface area contributed by atoms with Gasteiger partial charge in [-0.2, -0.15) is 5.26 Å². The summed E-state index contributed by atoms with van der Waals surface area (Å²) in [6.45, 7) is 2.03. The average Bonchev–Trinajstić information content (AvgIpc) is 2.98. The minimum atomic E-state index is 0.0247. The molecular weight excluding hydrogens is 216 g/mol. The maximum atomic E-state index is 11.6. The Labute approximate surface area is 101 Å². The Balaban J connectivity index is 1.98. The van der Waals surface area contributed by atoms with Crippen LogP contribution in [0.25, 0.3) is 0 Å². The van der Waals surface area contributed by atoms with E-state index >= 15 is 0 Å². The maximum absolute atomic E-state index is 11.6. The second kappa shape index (κ2) is 5.13. The van der Waals surface area contributed by atoms with Gasteiger partial charge in [-0.05, 0) is 19.3 Å². The molecule has 0 spiro atoms. The number of nitriles is 1. The zero-order valence-corrected chi connectivity index (χ0v) is 9.98. The minimum absolute atomic E-state index is 0.0247. The molecule has 1 saturated carbocycles. The first-order valence-electron chi connectivity index (χ1n) is 6.08. The molecule has 1 aliphatic rings. The van der Waals surface area contributed by atoms with Gasteiger partial charge in [0.15, 0.2) is 5.89 Å². The molecule has 1 fully saturated rings. The van der Waals surface area contributed by atoms with Crippen LogP contribution in [0.2, 0.25) is 0 Å². The molecule has 2 unspecified atom stereocenters. The van der Waals surface area contributed by atoms with Crippen LogP contribution in [0, 0.1) is 17.2 Å². The van der Waals surface area contributed by atoms with Gasteiger partial charge < -0.3 is 4.42 Å². The standard InChI is InChI=1S/C13H16N2O2/c1-2-11-8-15-13(17-11)10-4-3-9(7-10)12(16)5-6-14/h8-10H,2-5,7H2,1H3. The highest BCUT2D eigenvalue weighted by Crippen LogP contribution is 2.38. The second-order valence-electron chi connectivity index (χ2n) is 4.53. The largest absolute Gasteiger partial charge is 0.445 e. The van der Waals surface area contributed by atoms with Crippen LogP contribution in [-0.2, 0) is 11.2 Å². The molecule has 90 valence electrons. The fraction of sp³-hybridized carbons (Fsp3) is 0.615. The molecule has 0 aromatic carbocycles. The lowest BCUT2D eigenvalue weighted by atomic mass is 9.99. The number of oxazole rings is 1. The highest BCUT2D eigenvalue weighted by molar-refractivity contribution is 5.83. The number of ketones is 1. The molecule has 0 aliphatic heterocycles. The van der Waals surface area contributed by atoms with Crippen molar-refractivity contribution in [3.05, 3.63) is 17.8 Å². The fourth-order valence-electron chi connectivity index (χ4n) is 2.40. The van der Waals surface area contributed by atoms with Crippen LogP contribution < -0.4 is 0 Å². The van der Waals surface area contributed by atoms with Crippen molar-refractivity contribution in [3.8, 4) is 6.07 Å². The summed E-state index contributed by atoms with van der Waals surface area (Å²) in [7, 11) is 0. The van der Waals surface area contributed by atoms with Gasteiger partial charge >= 0.3 is 0 Å². The molecule has 0 saturated heterocycles. The quantitative estimate of drug-likeness (QED) is 0.800. The Kier molecular flexibility index (Phi) is 3.58. The number of hydrogen-bond acceptors (Lipinski definition) is 4. The zero-order chi connectivity index (χ0) is 12.3. The molecule has 2 atom stereocenters. The monoisotopic (exact) mass is 232 g/mol. The van der Waals surface area contributed by atoms with Crippen LogP contribution >= 0.6 is 0 Å². The van der Waals surface area contributed by atoms with Gasteiger partial charge in [-0.25, -0.2) is 4.98 Å². The van der Waals surface area contributed by atoms with Crippen LogP contribution in [0.3, 0.4) is 0 Å². The Hall–Kier alpha value is -1.63. The number of aryl methyl sites for hydroxylation is 1. The molecule has 4 heteroatoms. The molecule has 0 bridgehead atoms. The van der Waals surface area contributed by atoms with Gasteiger partial charge in [0, 0.05) is 18.3 Å². The van der Waals surface area contributed by atoms with E-state index in [0.29, 0.717) is 0 Å². The van der Waals surface area contributed by atoms with E-state index in [1.807, 2.05) is 13.0 Å². The van der Waals surface area contributed by atoms with Crippen molar-refractivity contribution in [3.63, 3.8) is 0 Å². The summed E-state index contributed by atoms with van der Waals surface area (Å²) in [5.41, 5.74) is 0. The summed E-state index contributed by atoms with van der Waals surface area (Å²) in [5.74, 6) is 2.00. The zero-order valence-electron chi connectivity index (χ0n) is 9.98. The molecule has 0 radical (unpaired) electrons. The van der Waals surface area contributed by atoms with Gasteiger partial charge in [0.1, 0.15) is 11.5 Å². The number of aromatic nitrogens is 1. The highest BCUT2D eigenvalue weighted by Gasteiger charge is 2.32.